The summed E-state index contributed by atoms with van der Waals surface area (Å²) >= 11 is 1.00. The monoisotopic (exact) mass is 656 g/mol. The van der Waals surface area contributed by atoms with Crippen LogP contribution in [0.3, 0.4) is 0 Å². The SMILES string of the molecule is [Cl][Hg].[Cl][Hg].[Fe].[c-]1[c-][c-][cH-][c-]1.c1cc[cH-]c1. The van der Waals surface area contributed by atoms with Crippen LogP contribution in [0.25, 0.3) is 0 Å². The van der Waals surface area contributed by atoms with Crippen LogP contribution < -0.4 is 0 Å². The van der Waals surface area contributed by atoms with E-state index in [1.54, 1.807) is 6.07 Å². The fourth-order valence-corrected chi connectivity index (χ4v) is 0.501. The van der Waals surface area contributed by atoms with Crippen LogP contribution in [0, 0.1) is 24.3 Å². The minimum Gasteiger partial charge on any atom is -0.999 e. The van der Waals surface area contributed by atoms with Gasteiger partial charge in [0.2, 0.25) is 0 Å². The van der Waals surface area contributed by atoms with Gasteiger partial charge in [0, 0.05) is 17.1 Å². The van der Waals surface area contributed by atoms with Crippen LogP contribution in [-0.4, -0.2) is 0 Å². The maximum atomic E-state index is 4.83. The van der Waals surface area contributed by atoms with E-state index in [-0.39, 0.29) is 17.1 Å². The molecule has 0 amide bonds. The minimum atomic E-state index is 0. The van der Waals surface area contributed by atoms with Gasteiger partial charge in [0.1, 0.15) is 0 Å². The first-order valence-corrected chi connectivity index (χ1v) is 17.1. The first-order chi connectivity index (χ1) is 7.00. The van der Waals surface area contributed by atoms with Gasteiger partial charge in [-0.2, -0.15) is 18.2 Å². The van der Waals surface area contributed by atoms with Gasteiger partial charge in [-0.05, 0) is 0 Å². The van der Waals surface area contributed by atoms with Gasteiger partial charge in [0.25, 0.3) is 0 Å². The summed E-state index contributed by atoms with van der Waals surface area (Å²) in [5.74, 6) is 0. The van der Waals surface area contributed by atoms with Crippen molar-refractivity contribution in [1.29, 1.82) is 0 Å². The zero-order valence-corrected chi connectivity index (χ0v) is 21.6. The van der Waals surface area contributed by atoms with Gasteiger partial charge >= 0.3 is 66.3 Å². The summed E-state index contributed by atoms with van der Waals surface area (Å²) in [4.78, 5) is 0. The maximum absolute atomic E-state index is 4.83. The van der Waals surface area contributed by atoms with Crippen LogP contribution in [0.4, 0.5) is 0 Å². The molecule has 2 rings (SSSR count). The third kappa shape index (κ3) is 21.5. The Morgan fingerprint density at radius 2 is 1.27 bits per heavy atom. The third-order valence-electron chi connectivity index (χ3n) is 0.907. The van der Waals surface area contributed by atoms with E-state index in [1.165, 1.54) is 0 Å². The molecule has 0 bridgehead atoms. The van der Waals surface area contributed by atoms with Crippen molar-refractivity contribution in [2.45, 2.75) is 0 Å². The van der Waals surface area contributed by atoms with E-state index in [1.807, 2.05) is 30.3 Å². The number of hydrogen-bond acceptors (Lipinski definition) is 0. The van der Waals surface area contributed by atoms with Crippen LogP contribution in [0.2, 0.25) is 0 Å². The van der Waals surface area contributed by atoms with Crippen molar-refractivity contribution in [3.05, 3.63) is 60.7 Å². The first kappa shape index (κ1) is 21.9. The maximum Gasteiger partial charge on any atom is 0 e. The van der Waals surface area contributed by atoms with Crippen molar-refractivity contribution < 1.29 is 66.8 Å². The summed E-state index contributed by atoms with van der Waals surface area (Å²) in [6.07, 6.45) is 0. The molecule has 0 unspecified atom stereocenters. The molecule has 15 heavy (non-hydrogen) atoms. The van der Waals surface area contributed by atoms with Crippen molar-refractivity contribution in [2.75, 3.05) is 0 Å². The average Bonchev–Trinajstić information content (AvgIpc) is 3.01. The van der Waals surface area contributed by atoms with E-state index >= 15 is 0 Å². The molecule has 2 aromatic carbocycles. The molecule has 0 saturated carbocycles. The van der Waals surface area contributed by atoms with Crippen molar-refractivity contribution in [1.82, 2.24) is 0 Å². The van der Waals surface area contributed by atoms with Gasteiger partial charge in [-0.15, -0.1) is 0 Å². The van der Waals surface area contributed by atoms with Gasteiger partial charge in [-0.1, -0.05) is 0 Å². The molecule has 0 aromatic heterocycles. The Balaban J connectivity index is -0.000000138. The summed E-state index contributed by atoms with van der Waals surface area (Å²) in [6, 6.07) is 22.0. The fraction of sp³-hybridized carbons (Fsp3) is 0. The summed E-state index contributed by atoms with van der Waals surface area (Å²) in [5.41, 5.74) is 0. The quantitative estimate of drug-likeness (QED) is 0.302. The minimum absolute atomic E-state index is 0. The Bertz CT molecular complexity index is 161. The van der Waals surface area contributed by atoms with Gasteiger partial charge < -0.3 is 30.3 Å². The number of halogens is 2. The largest absolute Gasteiger partial charge is 0.999 e. The molecule has 0 aliphatic heterocycles. The van der Waals surface area contributed by atoms with E-state index in [0.29, 0.717) is 49.8 Å². The van der Waals surface area contributed by atoms with Crippen molar-refractivity contribution in [3.8, 4) is 0 Å². The molecule has 0 atom stereocenters. The van der Waals surface area contributed by atoms with Crippen LogP contribution in [0.1, 0.15) is 0 Å². The van der Waals surface area contributed by atoms with Crippen LogP contribution >= 0.6 is 16.5 Å². The zero-order valence-electron chi connectivity index (χ0n) is 7.99. The predicted molar refractivity (Wildman–Crippen MR) is 51.1 cm³/mol. The summed E-state index contributed by atoms with van der Waals surface area (Å²) in [6.45, 7) is 0. The molecule has 0 aliphatic carbocycles. The molecule has 78 valence electrons. The Morgan fingerprint density at radius 1 is 0.867 bits per heavy atom. The fourth-order valence-electron chi connectivity index (χ4n) is 0.501. The van der Waals surface area contributed by atoms with Crippen molar-refractivity contribution >= 4 is 16.5 Å². The van der Waals surface area contributed by atoms with E-state index in [0.717, 1.165) is 0 Å². The smallest absolute Gasteiger partial charge is 0 e. The van der Waals surface area contributed by atoms with Crippen LogP contribution in [-0.2, 0) is 66.8 Å². The van der Waals surface area contributed by atoms with E-state index < -0.39 is 0 Å². The molecule has 0 spiro atoms. The molecule has 0 aliphatic rings. The normalized spacial score (nSPS) is 6.27. The molecule has 2 aromatic rings. The third-order valence-corrected chi connectivity index (χ3v) is 0.907. The van der Waals surface area contributed by atoms with E-state index in [2.05, 4.69) is 24.3 Å². The molecular weight excluding hydrogens is 648 g/mol. The molecule has 0 nitrogen and oxygen atoms in total. The van der Waals surface area contributed by atoms with E-state index in [9.17, 15) is 0 Å². The molecule has 0 saturated heterocycles. The molecule has 5 heteroatoms. The predicted octanol–water partition coefficient (Wildman–Crippen LogP) is 3.38. The summed E-state index contributed by atoms with van der Waals surface area (Å²) in [7, 11) is 9.67. The second kappa shape index (κ2) is 24.8. The van der Waals surface area contributed by atoms with Gasteiger partial charge in [-0.3, -0.25) is 0 Å². The Kier molecular flexibility index (Phi) is 36.2. The van der Waals surface area contributed by atoms with Crippen LogP contribution in [0.5, 0.6) is 0 Å². The van der Waals surface area contributed by atoms with E-state index in [4.69, 9.17) is 16.5 Å². The average molecular weight is 654 g/mol. The Morgan fingerprint density at radius 3 is 1.40 bits per heavy atom. The Labute approximate surface area is 142 Å². The second-order valence-electron chi connectivity index (χ2n) is 1.65. The number of hydrogen-bond donors (Lipinski definition) is 0. The molecule has 0 radical (unpaired) electrons. The molecular formula is C10H6Cl2FeHg2-6. The topological polar surface area (TPSA) is 0 Å². The zero-order chi connectivity index (χ0) is 11.1. The summed E-state index contributed by atoms with van der Waals surface area (Å²) in [5, 5.41) is 0. The van der Waals surface area contributed by atoms with Gasteiger partial charge in [-0.25, -0.2) is 12.1 Å². The Hall–Kier alpha value is 1.67. The first-order valence-electron chi connectivity index (χ1n) is 3.53. The van der Waals surface area contributed by atoms with Crippen molar-refractivity contribution in [3.63, 3.8) is 0 Å². The summed E-state index contributed by atoms with van der Waals surface area (Å²) < 4.78 is 0. The number of rotatable bonds is 0. The van der Waals surface area contributed by atoms with Crippen LogP contribution in [0.15, 0.2) is 36.4 Å². The molecule has 0 heterocycles. The van der Waals surface area contributed by atoms with Gasteiger partial charge in [0.05, 0.1) is 0 Å². The van der Waals surface area contributed by atoms with Crippen molar-refractivity contribution in [2.24, 2.45) is 0 Å². The molecule has 0 N–H and O–H groups in total. The van der Waals surface area contributed by atoms with Gasteiger partial charge in [0.15, 0.2) is 0 Å². The second-order valence-corrected chi connectivity index (χ2v) is 1.65. The standard InChI is InChI=1S/C5H5.C5H.2ClH.Fe.2Hg/c2*1-2-4-5-3-1;;;;;/h1-5H;1H;2*1H;;;/q-1;-5;;;;2*+1/p-2. The molecule has 0 fully saturated rings.